The molecule has 1 aliphatic heterocycles. The van der Waals surface area contributed by atoms with Crippen LogP contribution in [0.25, 0.3) is 10.9 Å². The summed E-state index contributed by atoms with van der Waals surface area (Å²) >= 11 is 5.95. The van der Waals surface area contributed by atoms with Gasteiger partial charge in [-0.2, -0.15) is 0 Å². The number of anilines is 2. The Hall–Kier alpha value is -3.19. The molecular weight excluding hydrogens is 356 g/mol. The van der Waals surface area contributed by atoms with Crippen LogP contribution < -0.4 is 15.8 Å². The molecule has 2 heterocycles. The summed E-state index contributed by atoms with van der Waals surface area (Å²) in [4.78, 5) is 42.8. The normalized spacial score (nSPS) is 13.4. The van der Waals surface area contributed by atoms with E-state index in [4.69, 9.17) is 11.6 Å². The molecule has 3 aromatic rings. The van der Waals surface area contributed by atoms with Crippen molar-refractivity contribution in [1.29, 1.82) is 0 Å². The first kappa shape index (κ1) is 16.3. The van der Waals surface area contributed by atoms with Crippen LogP contribution >= 0.6 is 11.6 Å². The molecule has 0 fully saturated rings. The van der Waals surface area contributed by atoms with Crippen LogP contribution in [0.5, 0.6) is 0 Å². The number of nitrogens with zero attached hydrogens (tertiary/aromatic N) is 3. The van der Waals surface area contributed by atoms with E-state index in [2.05, 4.69) is 10.3 Å². The fourth-order valence-corrected chi connectivity index (χ4v) is 3.10. The number of rotatable bonds is 2. The van der Waals surface area contributed by atoms with Crippen molar-refractivity contribution >= 4 is 45.7 Å². The Balaban J connectivity index is 1.69. The van der Waals surface area contributed by atoms with Gasteiger partial charge in [-0.05, 0) is 30.3 Å². The Kier molecular flexibility index (Phi) is 3.93. The standard InChI is InChI=1S/C18H13ClN4O3/c19-11-5-6-13-12(7-11)18(26)22(10-20-13)9-17(25)23-8-16(24)21-14-3-1-2-4-15(14)23/h1-7,10H,8-9H2,(H,21,24). The molecule has 0 spiro atoms. The first-order chi connectivity index (χ1) is 12.5. The number of benzene rings is 2. The van der Waals surface area contributed by atoms with Gasteiger partial charge in [0.25, 0.3) is 5.56 Å². The summed E-state index contributed by atoms with van der Waals surface area (Å²) in [6, 6.07) is 11.8. The monoisotopic (exact) mass is 368 g/mol. The molecule has 1 N–H and O–H groups in total. The highest BCUT2D eigenvalue weighted by Gasteiger charge is 2.26. The van der Waals surface area contributed by atoms with Gasteiger partial charge >= 0.3 is 0 Å². The third-order valence-corrected chi connectivity index (χ3v) is 4.40. The molecule has 2 amide bonds. The molecule has 7 nitrogen and oxygen atoms in total. The second kappa shape index (κ2) is 6.27. The Labute approximate surface area is 152 Å². The summed E-state index contributed by atoms with van der Waals surface area (Å²) in [6.07, 6.45) is 1.33. The molecule has 8 heteroatoms. The summed E-state index contributed by atoms with van der Waals surface area (Å²) in [5.41, 5.74) is 1.31. The molecule has 1 aliphatic rings. The van der Waals surface area contributed by atoms with E-state index in [0.717, 1.165) is 0 Å². The van der Waals surface area contributed by atoms with Crippen LogP contribution in [0, 0.1) is 0 Å². The van der Waals surface area contributed by atoms with Crippen LogP contribution in [0.4, 0.5) is 11.4 Å². The SMILES string of the molecule is O=C1CN(C(=O)Cn2cnc3ccc(Cl)cc3c2=O)c2ccccc2N1. The van der Waals surface area contributed by atoms with Crippen LogP contribution in [0.1, 0.15) is 0 Å². The Morgan fingerprint density at radius 2 is 2.00 bits per heavy atom. The van der Waals surface area contributed by atoms with Crippen LogP contribution in [0.15, 0.2) is 53.6 Å². The van der Waals surface area contributed by atoms with E-state index in [1.807, 2.05) is 0 Å². The number of para-hydroxylation sites is 2. The van der Waals surface area contributed by atoms with Crippen molar-refractivity contribution < 1.29 is 9.59 Å². The Bertz CT molecular complexity index is 1110. The molecule has 0 unspecified atom stereocenters. The van der Waals surface area contributed by atoms with Gasteiger partial charge in [0.1, 0.15) is 13.1 Å². The molecular formula is C18H13ClN4O3. The van der Waals surface area contributed by atoms with Gasteiger partial charge in [-0.15, -0.1) is 0 Å². The van der Waals surface area contributed by atoms with E-state index in [1.54, 1.807) is 36.4 Å². The number of carbonyl (C=O) groups excluding carboxylic acids is 2. The van der Waals surface area contributed by atoms with Crippen molar-refractivity contribution in [2.75, 3.05) is 16.8 Å². The van der Waals surface area contributed by atoms with Crippen molar-refractivity contribution in [3.8, 4) is 0 Å². The molecule has 0 aliphatic carbocycles. The maximum absolute atomic E-state index is 12.8. The lowest BCUT2D eigenvalue weighted by Crippen LogP contribution is -2.44. The molecule has 4 rings (SSSR count). The van der Waals surface area contributed by atoms with Crippen LogP contribution in [-0.4, -0.2) is 27.9 Å². The van der Waals surface area contributed by atoms with Gasteiger partial charge < -0.3 is 5.32 Å². The van der Waals surface area contributed by atoms with Gasteiger partial charge in [-0.1, -0.05) is 23.7 Å². The second-order valence-corrected chi connectivity index (χ2v) is 6.32. The van der Waals surface area contributed by atoms with Crippen LogP contribution in [0.2, 0.25) is 5.02 Å². The molecule has 0 atom stereocenters. The van der Waals surface area contributed by atoms with Crippen LogP contribution in [-0.2, 0) is 16.1 Å². The first-order valence-corrected chi connectivity index (χ1v) is 8.25. The van der Waals surface area contributed by atoms with Gasteiger partial charge in [0.05, 0.1) is 28.6 Å². The fraction of sp³-hybridized carbons (Fsp3) is 0.111. The highest BCUT2D eigenvalue weighted by molar-refractivity contribution is 6.31. The molecule has 1 aromatic heterocycles. The number of carbonyl (C=O) groups is 2. The minimum atomic E-state index is -0.377. The Morgan fingerprint density at radius 3 is 2.85 bits per heavy atom. The molecule has 0 saturated heterocycles. The maximum atomic E-state index is 12.8. The second-order valence-electron chi connectivity index (χ2n) is 5.88. The third-order valence-electron chi connectivity index (χ3n) is 4.16. The predicted molar refractivity (Wildman–Crippen MR) is 98.4 cm³/mol. The number of hydrogen-bond donors (Lipinski definition) is 1. The summed E-state index contributed by atoms with van der Waals surface area (Å²) in [5, 5.41) is 3.48. The van der Waals surface area contributed by atoms with Gasteiger partial charge in [0, 0.05) is 5.02 Å². The minimum Gasteiger partial charge on any atom is -0.323 e. The summed E-state index contributed by atoms with van der Waals surface area (Å²) in [7, 11) is 0. The van der Waals surface area contributed by atoms with Crippen molar-refractivity contribution in [2.24, 2.45) is 0 Å². The highest BCUT2D eigenvalue weighted by Crippen LogP contribution is 2.29. The summed E-state index contributed by atoms with van der Waals surface area (Å²) < 4.78 is 1.22. The molecule has 0 radical (unpaired) electrons. The maximum Gasteiger partial charge on any atom is 0.261 e. The average molecular weight is 369 g/mol. The van der Waals surface area contributed by atoms with E-state index < -0.39 is 0 Å². The number of fused-ring (bicyclic) bond motifs is 2. The van der Waals surface area contributed by atoms with Gasteiger partial charge in [-0.3, -0.25) is 23.9 Å². The van der Waals surface area contributed by atoms with E-state index in [1.165, 1.54) is 21.9 Å². The van der Waals surface area contributed by atoms with E-state index in [-0.39, 0.29) is 30.5 Å². The molecule has 26 heavy (non-hydrogen) atoms. The number of halogens is 1. The fourth-order valence-electron chi connectivity index (χ4n) is 2.93. The van der Waals surface area contributed by atoms with E-state index in [9.17, 15) is 14.4 Å². The topological polar surface area (TPSA) is 84.3 Å². The van der Waals surface area contributed by atoms with E-state index >= 15 is 0 Å². The number of nitrogens with one attached hydrogen (secondary N) is 1. The van der Waals surface area contributed by atoms with Crippen LogP contribution in [0.3, 0.4) is 0 Å². The number of hydrogen-bond acceptors (Lipinski definition) is 4. The summed E-state index contributed by atoms with van der Waals surface area (Å²) in [5.74, 6) is -0.662. The third kappa shape index (κ3) is 2.82. The zero-order valence-corrected chi connectivity index (χ0v) is 14.2. The number of aromatic nitrogens is 2. The van der Waals surface area contributed by atoms with Crippen molar-refractivity contribution in [1.82, 2.24) is 9.55 Å². The lowest BCUT2D eigenvalue weighted by molar-refractivity contribution is -0.122. The summed E-state index contributed by atoms with van der Waals surface area (Å²) in [6.45, 7) is -0.326. The predicted octanol–water partition coefficient (Wildman–Crippen LogP) is 2.04. The van der Waals surface area contributed by atoms with Crippen molar-refractivity contribution in [2.45, 2.75) is 6.54 Å². The minimum absolute atomic E-state index is 0.0998. The number of amides is 2. The quantitative estimate of drug-likeness (QED) is 0.750. The molecule has 2 aromatic carbocycles. The van der Waals surface area contributed by atoms with Gasteiger partial charge in [-0.25, -0.2) is 4.98 Å². The largest absolute Gasteiger partial charge is 0.323 e. The lowest BCUT2D eigenvalue weighted by atomic mass is 10.2. The van der Waals surface area contributed by atoms with Gasteiger partial charge in [0.15, 0.2) is 0 Å². The lowest BCUT2D eigenvalue weighted by Gasteiger charge is -2.29. The Morgan fingerprint density at radius 1 is 1.19 bits per heavy atom. The average Bonchev–Trinajstić information content (AvgIpc) is 2.63. The highest BCUT2D eigenvalue weighted by atomic mass is 35.5. The molecule has 0 bridgehead atoms. The smallest absolute Gasteiger partial charge is 0.261 e. The van der Waals surface area contributed by atoms with E-state index in [0.29, 0.717) is 27.3 Å². The first-order valence-electron chi connectivity index (χ1n) is 7.87. The zero-order chi connectivity index (χ0) is 18.3. The van der Waals surface area contributed by atoms with Gasteiger partial charge in [0.2, 0.25) is 11.8 Å². The molecule has 0 saturated carbocycles. The van der Waals surface area contributed by atoms with Crippen molar-refractivity contribution in [3.05, 3.63) is 64.2 Å². The molecule has 130 valence electrons. The zero-order valence-electron chi connectivity index (χ0n) is 13.5. The van der Waals surface area contributed by atoms with Crippen molar-refractivity contribution in [3.63, 3.8) is 0 Å².